The molecule has 0 aliphatic heterocycles. The van der Waals surface area contributed by atoms with Crippen LogP contribution in [0.5, 0.6) is 0 Å². The summed E-state index contributed by atoms with van der Waals surface area (Å²) in [6.07, 6.45) is -1.41. The Hall–Kier alpha value is -1.90. The fourth-order valence-corrected chi connectivity index (χ4v) is 2.32. The third-order valence-electron chi connectivity index (χ3n) is 2.69. The van der Waals surface area contributed by atoms with Crippen molar-refractivity contribution in [1.82, 2.24) is 19.7 Å². The number of aryl methyl sites for hydroxylation is 1. The molecule has 0 radical (unpaired) electrons. The first-order chi connectivity index (χ1) is 9.35. The number of hydrogen-bond donors (Lipinski definition) is 0. The number of nitrogens with zero attached hydrogens (tertiary/aromatic N) is 4. The molecule has 0 aliphatic carbocycles. The van der Waals surface area contributed by atoms with Crippen LogP contribution in [-0.2, 0) is 16.9 Å². The molecule has 0 fully saturated rings. The smallest absolute Gasteiger partial charge is 0.266 e. The van der Waals surface area contributed by atoms with Gasteiger partial charge in [-0.1, -0.05) is 6.92 Å². The number of alkyl halides is 2. The molecule has 0 aliphatic rings. The van der Waals surface area contributed by atoms with Gasteiger partial charge in [0.25, 0.3) is 6.43 Å². The maximum atomic E-state index is 12.9. The quantitative estimate of drug-likeness (QED) is 0.802. The van der Waals surface area contributed by atoms with Crippen LogP contribution in [0.15, 0.2) is 23.5 Å². The van der Waals surface area contributed by atoms with Crippen molar-refractivity contribution >= 4 is 9.84 Å². The number of halogens is 2. The van der Waals surface area contributed by atoms with Crippen molar-refractivity contribution in [3.05, 3.63) is 24.0 Å². The van der Waals surface area contributed by atoms with Crippen LogP contribution >= 0.6 is 0 Å². The van der Waals surface area contributed by atoms with Crippen molar-refractivity contribution in [3.63, 3.8) is 0 Å². The lowest BCUT2D eigenvalue weighted by atomic mass is 10.2. The molecule has 6 nitrogen and oxygen atoms in total. The fraction of sp³-hybridized carbons (Fsp3) is 0.364. The van der Waals surface area contributed by atoms with Crippen LogP contribution in [0.2, 0.25) is 0 Å². The summed E-state index contributed by atoms with van der Waals surface area (Å²) >= 11 is 0. The minimum atomic E-state index is -3.77. The van der Waals surface area contributed by atoms with Crippen LogP contribution < -0.4 is 0 Å². The van der Waals surface area contributed by atoms with Gasteiger partial charge in [-0.2, -0.15) is 5.10 Å². The number of hydrogen-bond acceptors (Lipinski definition) is 5. The van der Waals surface area contributed by atoms with Gasteiger partial charge in [0.05, 0.1) is 17.1 Å². The molecule has 0 amide bonds. The molecule has 108 valence electrons. The molecular formula is C11H12F2N4O2S. The van der Waals surface area contributed by atoms with Crippen LogP contribution in [0, 0.1) is 0 Å². The van der Waals surface area contributed by atoms with E-state index in [9.17, 15) is 17.2 Å². The van der Waals surface area contributed by atoms with Crippen LogP contribution in [0.25, 0.3) is 11.4 Å². The van der Waals surface area contributed by atoms with Gasteiger partial charge in [-0.25, -0.2) is 27.2 Å². The monoisotopic (exact) mass is 302 g/mol. The van der Waals surface area contributed by atoms with Crippen molar-refractivity contribution < 1.29 is 17.2 Å². The van der Waals surface area contributed by atoms with E-state index in [2.05, 4.69) is 15.1 Å². The maximum absolute atomic E-state index is 12.9. The van der Waals surface area contributed by atoms with Gasteiger partial charge in [0.15, 0.2) is 0 Å². The Morgan fingerprint density at radius 3 is 2.55 bits per heavy atom. The number of sulfone groups is 1. The molecule has 2 aromatic rings. The Balaban J connectivity index is 2.68. The van der Waals surface area contributed by atoms with E-state index in [0.717, 1.165) is 6.07 Å². The summed E-state index contributed by atoms with van der Waals surface area (Å²) in [5.41, 5.74) is -0.0904. The molecule has 0 spiro atoms. The first kappa shape index (κ1) is 14.5. The van der Waals surface area contributed by atoms with Crippen molar-refractivity contribution in [2.24, 2.45) is 7.05 Å². The van der Waals surface area contributed by atoms with Crippen LogP contribution in [0.4, 0.5) is 8.78 Å². The molecule has 0 saturated heterocycles. The summed E-state index contributed by atoms with van der Waals surface area (Å²) < 4.78 is 50.7. The van der Waals surface area contributed by atoms with Gasteiger partial charge in [0.2, 0.25) is 15.0 Å². The molecule has 0 bridgehead atoms. The van der Waals surface area contributed by atoms with E-state index in [1.807, 2.05) is 0 Å². The lowest BCUT2D eigenvalue weighted by Crippen LogP contribution is -2.12. The van der Waals surface area contributed by atoms with E-state index in [0.29, 0.717) is 5.69 Å². The van der Waals surface area contributed by atoms with Crippen molar-refractivity contribution in [2.75, 3.05) is 5.75 Å². The molecule has 2 heterocycles. The molecule has 9 heteroatoms. The van der Waals surface area contributed by atoms with E-state index < -0.39 is 27.1 Å². The highest BCUT2D eigenvalue weighted by molar-refractivity contribution is 7.91. The van der Waals surface area contributed by atoms with Gasteiger partial charge in [0, 0.05) is 13.2 Å². The molecule has 0 atom stereocenters. The summed E-state index contributed by atoms with van der Waals surface area (Å²) in [5, 5.41) is 3.31. The van der Waals surface area contributed by atoms with Gasteiger partial charge in [-0.05, 0) is 12.1 Å². The molecular weight excluding hydrogens is 290 g/mol. The van der Waals surface area contributed by atoms with Gasteiger partial charge in [-0.15, -0.1) is 0 Å². The van der Waals surface area contributed by atoms with Crippen molar-refractivity contribution in [2.45, 2.75) is 18.5 Å². The summed E-state index contributed by atoms with van der Waals surface area (Å²) in [6.45, 7) is 1.40. The molecule has 0 saturated carbocycles. The molecule has 0 unspecified atom stereocenters. The highest BCUT2D eigenvalue weighted by Gasteiger charge is 2.22. The topological polar surface area (TPSA) is 77.7 Å². The number of aromatic nitrogens is 4. The van der Waals surface area contributed by atoms with Crippen LogP contribution in [-0.4, -0.2) is 33.9 Å². The van der Waals surface area contributed by atoms with Crippen molar-refractivity contribution in [1.29, 1.82) is 0 Å². The zero-order valence-corrected chi connectivity index (χ0v) is 11.6. The summed E-state index contributed by atoms with van der Waals surface area (Å²) in [7, 11) is -2.16. The van der Waals surface area contributed by atoms with Crippen LogP contribution in [0.3, 0.4) is 0 Å². The fourth-order valence-electron chi connectivity index (χ4n) is 1.58. The minimum absolute atomic E-state index is 0.0994. The Morgan fingerprint density at radius 2 is 2.05 bits per heavy atom. The lowest BCUT2D eigenvalue weighted by Gasteiger charge is -2.07. The number of rotatable bonds is 4. The zero-order valence-electron chi connectivity index (χ0n) is 10.8. The lowest BCUT2D eigenvalue weighted by molar-refractivity contribution is 0.145. The SMILES string of the molecule is CCS(=O)(=O)c1nc(-c2ccnn2C)cc(C(F)F)n1. The molecule has 2 aromatic heterocycles. The Kier molecular flexibility index (Phi) is 3.80. The maximum Gasteiger partial charge on any atom is 0.280 e. The summed E-state index contributed by atoms with van der Waals surface area (Å²) in [5.74, 6) is -0.259. The molecule has 0 N–H and O–H groups in total. The second-order valence-corrected chi connectivity index (χ2v) is 6.18. The second-order valence-electron chi connectivity index (χ2n) is 4.00. The normalized spacial score (nSPS) is 12.1. The largest absolute Gasteiger partial charge is 0.280 e. The predicted molar refractivity (Wildman–Crippen MR) is 66.9 cm³/mol. The highest BCUT2D eigenvalue weighted by atomic mass is 32.2. The molecule has 2 rings (SSSR count). The van der Waals surface area contributed by atoms with Gasteiger partial charge >= 0.3 is 0 Å². The summed E-state index contributed by atoms with van der Waals surface area (Å²) in [4.78, 5) is 7.30. The minimum Gasteiger partial charge on any atom is -0.266 e. The Morgan fingerprint density at radius 1 is 1.35 bits per heavy atom. The first-order valence-corrected chi connectivity index (χ1v) is 7.38. The average molecular weight is 302 g/mol. The van der Waals surface area contributed by atoms with E-state index in [-0.39, 0.29) is 11.4 Å². The zero-order chi connectivity index (χ0) is 14.9. The third kappa shape index (κ3) is 2.67. The third-order valence-corrected chi connectivity index (χ3v) is 4.19. The van der Waals surface area contributed by atoms with Gasteiger partial charge in [0.1, 0.15) is 5.69 Å². The van der Waals surface area contributed by atoms with Gasteiger partial charge < -0.3 is 0 Å². The first-order valence-electron chi connectivity index (χ1n) is 5.73. The molecule has 0 aromatic carbocycles. The average Bonchev–Trinajstić information content (AvgIpc) is 2.84. The summed E-state index contributed by atoms with van der Waals surface area (Å²) in [6, 6.07) is 2.62. The van der Waals surface area contributed by atoms with Gasteiger partial charge in [-0.3, -0.25) is 4.68 Å². The van der Waals surface area contributed by atoms with E-state index in [1.54, 1.807) is 13.1 Å². The molecule has 20 heavy (non-hydrogen) atoms. The standard InChI is InChI=1S/C11H12F2N4O2S/c1-3-20(18,19)11-15-7(6-8(16-11)10(12)13)9-4-5-14-17(9)2/h4-6,10H,3H2,1-2H3. The predicted octanol–water partition coefficient (Wildman–Crippen LogP) is 1.61. The van der Waals surface area contributed by atoms with E-state index in [1.165, 1.54) is 17.8 Å². The Labute approximate surface area is 114 Å². The van der Waals surface area contributed by atoms with Crippen LogP contribution in [0.1, 0.15) is 19.0 Å². The van der Waals surface area contributed by atoms with Crippen molar-refractivity contribution in [3.8, 4) is 11.4 Å². The van der Waals surface area contributed by atoms with E-state index in [4.69, 9.17) is 0 Å². The Bertz CT molecular complexity index is 728. The van der Waals surface area contributed by atoms with E-state index >= 15 is 0 Å². The second kappa shape index (κ2) is 5.23. The highest BCUT2D eigenvalue weighted by Crippen LogP contribution is 2.24.